The van der Waals surface area contributed by atoms with E-state index in [1.54, 1.807) is 11.8 Å². The molecule has 1 fully saturated rings. The quantitative estimate of drug-likeness (QED) is 0.674. The van der Waals surface area contributed by atoms with Crippen molar-refractivity contribution >= 4 is 23.6 Å². The van der Waals surface area contributed by atoms with Gasteiger partial charge in [0.15, 0.2) is 6.10 Å². The third kappa shape index (κ3) is 3.73. The molecule has 1 aromatic rings. The molecule has 0 saturated carbocycles. The minimum Gasteiger partial charge on any atom is -0.452 e. The van der Waals surface area contributed by atoms with Crippen LogP contribution in [0.3, 0.4) is 0 Å². The number of amides is 1. The first kappa shape index (κ1) is 13.9. The van der Waals surface area contributed by atoms with Crippen LogP contribution in [0.5, 0.6) is 0 Å². The van der Waals surface area contributed by atoms with Crippen LogP contribution in [0.25, 0.3) is 0 Å². The number of esters is 1. The van der Waals surface area contributed by atoms with E-state index in [2.05, 4.69) is 5.32 Å². The second kappa shape index (κ2) is 6.61. The molecule has 1 atom stereocenters. The van der Waals surface area contributed by atoms with Crippen LogP contribution >= 0.6 is 11.8 Å². The maximum absolute atomic E-state index is 11.9. The van der Waals surface area contributed by atoms with Gasteiger partial charge in [0.2, 0.25) is 0 Å². The van der Waals surface area contributed by atoms with Gasteiger partial charge in [-0.3, -0.25) is 9.59 Å². The summed E-state index contributed by atoms with van der Waals surface area (Å²) in [6, 6.07) is 7.72. The standard InChI is InChI=1S/C14H17NO3S/c1-19-12-7-3-2-5-10(12)9-13(16)18-11-6-4-8-15-14(11)17/h2-3,5,7,11H,4,6,8-9H2,1H3,(H,15,17). The maximum Gasteiger partial charge on any atom is 0.311 e. The van der Waals surface area contributed by atoms with E-state index in [4.69, 9.17) is 4.74 Å². The summed E-state index contributed by atoms with van der Waals surface area (Å²) in [6.45, 7) is 0.669. The van der Waals surface area contributed by atoms with Gasteiger partial charge in [-0.1, -0.05) is 18.2 Å². The molecule has 1 aliphatic heterocycles. The fraction of sp³-hybridized carbons (Fsp3) is 0.429. The van der Waals surface area contributed by atoms with Crippen LogP contribution in [-0.2, 0) is 20.7 Å². The average molecular weight is 279 g/mol. The summed E-state index contributed by atoms with van der Waals surface area (Å²) in [5.74, 6) is -0.527. The number of thioether (sulfide) groups is 1. The molecule has 1 amide bonds. The van der Waals surface area contributed by atoms with Crippen molar-refractivity contribution < 1.29 is 14.3 Å². The molecule has 1 saturated heterocycles. The summed E-state index contributed by atoms with van der Waals surface area (Å²) >= 11 is 1.60. The van der Waals surface area contributed by atoms with Gasteiger partial charge < -0.3 is 10.1 Å². The topological polar surface area (TPSA) is 55.4 Å². The fourth-order valence-corrected chi connectivity index (χ4v) is 2.68. The predicted octanol–water partition coefficient (Wildman–Crippen LogP) is 1.77. The number of rotatable bonds is 4. The third-order valence-corrected chi connectivity index (χ3v) is 3.87. The minimum atomic E-state index is -0.623. The van der Waals surface area contributed by atoms with Crippen LogP contribution in [0.4, 0.5) is 0 Å². The Bertz CT molecular complexity index is 476. The Balaban J connectivity index is 1.95. The molecule has 1 N–H and O–H groups in total. The Hall–Kier alpha value is -1.49. The smallest absolute Gasteiger partial charge is 0.311 e. The summed E-state index contributed by atoms with van der Waals surface area (Å²) in [7, 11) is 0. The van der Waals surface area contributed by atoms with E-state index in [0.717, 1.165) is 16.9 Å². The van der Waals surface area contributed by atoms with Crippen molar-refractivity contribution in [3.63, 3.8) is 0 Å². The lowest BCUT2D eigenvalue weighted by Crippen LogP contribution is -2.42. The highest BCUT2D eigenvalue weighted by Gasteiger charge is 2.25. The lowest BCUT2D eigenvalue weighted by Gasteiger charge is -2.22. The molecule has 1 unspecified atom stereocenters. The molecular formula is C14H17NO3S. The van der Waals surface area contributed by atoms with Crippen molar-refractivity contribution in [1.29, 1.82) is 0 Å². The highest BCUT2D eigenvalue weighted by molar-refractivity contribution is 7.98. The highest BCUT2D eigenvalue weighted by Crippen LogP contribution is 2.21. The average Bonchev–Trinajstić information content (AvgIpc) is 2.42. The molecule has 0 spiro atoms. The first-order chi connectivity index (χ1) is 9.20. The molecule has 4 nitrogen and oxygen atoms in total. The zero-order valence-corrected chi connectivity index (χ0v) is 11.7. The first-order valence-corrected chi connectivity index (χ1v) is 7.52. The number of ether oxygens (including phenoxy) is 1. The summed E-state index contributed by atoms with van der Waals surface area (Å²) in [6.07, 6.45) is 3.02. The van der Waals surface area contributed by atoms with Crippen LogP contribution in [0.2, 0.25) is 0 Å². The largest absolute Gasteiger partial charge is 0.452 e. The molecule has 0 bridgehead atoms. The molecule has 2 rings (SSSR count). The van der Waals surface area contributed by atoms with E-state index in [-0.39, 0.29) is 18.3 Å². The molecule has 0 aromatic heterocycles. The van der Waals surface area contributed by atoms with Crippen molar-refractivity contribution in [2.75, 3.05) is 12.8 Å². The lowest BCUT2D eigenvalue weighted by atomic mass is 10.1. The zero-order chi connectivity index (χ0) is 13.7. The van der Waals surface area contributed by atoms with Gasteiger partial charge in [0.25, 0.3) is 5.91 Å². The number of hydrogen-bond acceptors (Lipinski definition) is 4. The number of carbonyl (C=O) groups excluding carboxylic acids is 2. The van der Waals surface area contributed by atoms with Crippen molar-refractivity contribution in [1.82, 2.24) is 5.32 Å². The van der Waals surface area contributed by atoms with Crippen LogP contribution in [-0.4, -0.2) is 30.8 Å². The van der Waals surface area contributed by atoms with E-state index in [1.165, 1.54) is 0 Å². The van der Waals surface area contributed by atoms with Crippen molar-refractivity contribution in [2.24, 2.45) is 0 Å². The molecule has 5 heteroatoms. The zero-order valence-electron chi connectivity index (χ0n) is 10.8. The summed E-state index contributed by atoms with van der Waals surface area (Å²) < 4.78 is 5.25. The van der Waals surface area contributed by atoms with Gasteiger partial charge in [0.05, 0.1) is 6.42 Å². The Morgan fingerprint density at radius 1 is 1.47 bits per heavy atom. The van der Waals surface area contributed by atoms with E-state index in [1.807, 2.05) is 30.5 Å². The Morgan fingerprint density at radius 2 is 2.26 bits per heavy atom. The van der Waals surface area contributed by atoms with Gasteiger partial charge in [-0.15, -0.1) is 11.8 Å². The van der Waals surface area contributed by atoms with Gasteiger partial charge in [-0.05, 0) is 30.7 Å². The number of hydrogen-bond donors (Lipinski definition) is 1. The van der Waals surface area contributed by atoms with E-state index in [9.17, 15) is 9.59 Å². The Morgan fingerprint density at radius 3 is 3.00 bits per heavy atom. The number of carbonyl (C=O) groups is 2. The van der Waals surface area contributed by atoms with Crippen LogP contribution < -0.4 is 5.32 Å². The van der Waals surface area contributed by atoms with E-state index in [0.29, 0.717) is 13.0 Å². The van der Waals surface area contributed by atoms with E-state index >= 15 is 0 Å². The highest BCUT2D eigenvalue weighted by atomic mass is 32.2. The van der Waals surface area contributed by atoms with Crippen LogP contribution in [0, 0.1) is 0 Å². The van der Waals surface area contributed by atoms with Gasteiger partial charge in [-0.25, -0.2) is 0 Å². The van der Waals surface area contributed by atoms with Crippen molar-refractivity contribution in [2.45, 2.75) is 30.3 Å². The second-order valence-electron chi connectivity index (χ2n) is 4.40. The van der Waals surface area contributed by atoms with Gasteiger partial charge in [0.1, 0.15) is 0 Å². The predicted molar refractivity (Wildman–Crippen MR) is 74.1 cm³/mol. The molecule has 1 heterocycles. The fourth-order valence-electron chi connectivity index (χ4n) is 2.06. The first-order valence-electron chi connectivity index (χ1n) is 6.30. The monoisotopic (exact) mass is 279 g/mol. The molecule has 102 valence electrons. The molecule has 0 aliphatic carbocycles. The number of nitrogens with one attached hydrogen (secondary N) is 1. The summed E-state index contributed by atoms with van der Waals surface area (Å²) in [5, 5.41) is 2.70. The van der Waals surface area contributed by atoms with Gasteiger partial charge in [0, 0.05) is 11.4 Å². The number of benzene rings is 1. The van der Waals surface area contributed by atoms with Gasteiger partial charge in [-0.2, -0.15) is 0 Å². The van der Waals surface area contributed by atoms with Crippen LogP contribution in [0.15, 0.2) is 29.2 Å². The molecule has 0 radical (unpaired) electrons. The molecule has 1 aliphatic rings. The maximum atomic E-state index is 11.9. The Kier molecular flexibility index (Phi) is 4.85. The Labute approximate surface area is 116 Å². The van der Waals surface area contributed by atoms with Crippen molar-refractivity contribution in [3.8, 4) is 0 Å². The normalized spacial score (nSPS) is 18.8. The third-order valence-electron chi connectivity index (χ3n) is 3.04. The lowest BCUT2D eigenvalue weighted by molar-refractivity contribution is -0.156. The van der Waals surface area contributed by atoms with Crippen LogP contribution in [0.1, 0.15) is 18.4 Å². The number of piperidine rings is 1. The summed E-state index contributed by atoms with van der Waals surface area (Å²) in [5.41, 5.74) is 0.941. The minimum absolute atomic E-state index is 0.183. The summed E-state index contributed by atoms with van der Waals surface area (Å²) in [4.78, 5) is 24.5. The molecule has 19 heavy (non-hydrogen) atoms. The van der Waals surface area contributed by atoms with Gasteiger partial charge >= 0.3 is 5.97 Å². The SMILES string of the molecule is CSc1ccccc1CC(=O)OC1CCCNC1=O. The van der Waals surface area contributed by atoms with Crippen molar-refractivity contribution in [3.05, 3.63) is 29.8 Å². The molecular weight excluding hydrogens is 262 g/mol. The second-order valence-corrected chi connectivity index (χ2v) is 5.25. The van der Waals surface area contributed by atoms with E-state index < -0.39 is 6.10 Å². The molecule has 1 aromatic carbocycles.